The minimum absolute atomic E-state index is 0.442. The van der Waals surface area contributed by atoms with Crippen LogP contribution in [0.3, 0.4) is 0 Å². The number of methoxy groups -OCH3 is 2. The molecular formula is C19H23ClO2S. The SMILES string of the molecule is C=CCC(CC)/C(C)=C(/OC)c1cc2c(Cl)c(OC)ccc2s1. The van der Waals surface area contributed by atoms with E-state index in [1.54, 1.807) is 25.6 Å². The van der Waals surface area contributed by atoms with Crippen LogP contribution in [0.1, 0.15) is 31.6 Å². The van der Waals surface area contributed by atoms with E-state index in [1.807, 2.05) is 18.2 Å². The van der Waals surface area contributed by atoms with E-state index in [1.165, 1.54) is 5.57 Å². The van der Waals surface area contributed by atoms with Crippen molar-refractivity contribution in [2.75, 3.05) is 14.2 Å². The van der Waals surface area contributed by atoms with Crippen LogP contribution in [-0.4, -0.2) is 14.2 Å². The number of hydrogen-bond donors (Lipinski definition) is 0. The fourth-order valence-electron chi connectivity index (χ4n) is 2.82. The number of halogens is 1. The molecule has 0 aliphatic heterocycles. The Balaban J connectivity index is 2.55. The average molecular weight is 351 g/mol. The maximum atomic E-state index is 6.43. The monoisotopic (exact) mass is 350 g/mol. The van der Waals surface area contributed by atoms with Crippen LogP contribution in [0.2, 0.25) is 5.02 Å². The van der Waals surface area contributed by atoms with Gasteiger partial charge in [-0.25, -0.2) is 0 Å². The third kappa shape index (κ3) is 3.56. The fraction of sp³-hybridized carbons (Fsp3) is 0.368. The molecule has 4 heteroatoms. The molecule has 1 aromatic carbocycles. The molecule has 2 aromatic rings. The Morgan fingerprint density at radius 2 is 2.13 bits per heavy atom. The molecule has 0 radical (unpaired) electrons. The molecule has 23 heavy (non-hydrogen) atoms. The second-order valence-corrected chi connectivity index (χ2v) is 6.91. The topological polar surface area (TPSA) is 18.5 Å². The Kier molecular flexibility index (Phi) is 6.14. The molecule has 2 nitrogen and oxygen atoms in total. The lowest BCUT2D eigenvalue weighted by Crippen LogP contribution is -2.03. The average Bonchev–Trinajstić information content (AvgIpc) is 2.98. The fourth-order valence-corrected chi connectivity index (χ4v) is 4.33. The van der Waals surface area contributed by atoms with Gasteiger partial charge in [-0.05, 0) is 49.5 Å². The van der Waals surface area contributed by atoms with Gasteiger partial charge in [-0.3, -0.25) is 0 Å². The molecule has 0 bridgehead atoms. The maximum absolute atomic E-state index is 6.43. The molecule has 1 aromatic heterocycles. The van der Waals surface area contributed by atoms with Crippen LogP contribution in [-0.2, 0) is 4.74 Å². The highest BCUT2D eigenvalue weighted by Crippen LogP contribution is 2.41. The summed E-state index contributed by atoms with van der Waals surface area (Å²) in [7, 11) is 3.36. The van der Waals surface area contributed by atoms with Crippen molar-refractivity contribution in [2.45, 2.75) is 26.7 Å². The van der Waals surface area contributed by atoms with E-state index < -0.39 is 0 Å². The van der Waals surface area contributed by atoms with Gasteiger partial charge in [-0.1, -0.05) is 24.6 Å². The molecule has 0 aliphatic rings. The summed E-state index contributed by atoms with van der Waals surface area (Å²) in [5, 5.41) is 1.66. The summed E-state index contributed by atoms with van der Waals surface area (Å²) < 4.78 is 12.2. The summed E-state index contributed by atoms with van der Waals surface area (Å²) in [6.07, 6.45) is 3.98. The van der Waals surface area contributed by atoms with Crippen molar-refractivity contribution in [1.29, 1.82) is 0 Å². The minimum atomic E-state index is 0.442. The molecule has 0 fully saturated rings. The predicted molar refractivity (Wildman–Crippen MR) is 102 cm³/mol. The van der Waals surface area contributed by atoms with Crippen molar-refractivity contribution in [3.63, 3.8) is 0 Å². The van der Waals surface area contributed by atoms with Crippen LogP contribution < -0.4 is 4.74 Å². The van der Waals surface area contributed by atoms with Gasteiger partial charge in [0, 0.05) is 10.1 Å². The van der Waals surface area contributed by atoms with Crippen LogP contribution in [0.4, 0.5) is 0 Å². The largest absolute Gasteiger partial charge is 0.495 e. The van der Waals surface area contributed by atoms with E-state index in [0.29, 0.717) is 16.7 Å². The first-order valence-corrected chi connectivity index (χ1v) is 8.88. The third-order valence-corrected chi connectivity index (χ3v) is 5.65. The lowest BCUT2D eigenvalue weighted by atomic mass is 9.93. The second-order valence-electron chi connectivity index (χ2n) is 5.45. The normalized spacial score (nSPS) is 13.6. The van der Waals surface area contributed by atoms with Gasteiger partial charge in [-0.15, -0.1) is 17.9 Å². The molecule has 0 saturated heterocycles. The van der Waals surface area contributed by atoms with Crippen LogP contribution in [0.15, 0.2) is 36.4 Å². The molecule has 0 saturated carbocycles. The first kappa shape index (κ1) is 17.9. The van der Waals surface area contributed by atoms with Gasteiger partial charge in [0.05, 0.1) is 24.1 Å². The number of rotatable bonds is 7. The smallest absolute Gasteiger partial charge is 0.138 e. The minimum Gasteiger partial charge on any atom is -0.495 e. The highest BCUT2D eigenvalue weighted by atomic mass is 35.5. The van der Waals surface area contributed by atoms with Crippen molar-refractivity contribution in [3.8, 4) is 5.75 Å². The molecule has 124 valence electrons. The molecule has 1 heterocycles. The Morgan fingerprint density at radius 1 is 1.39 bits per heavy atom. The van der Waals surface area contributed by atoms with E-state index in [2.05, 4.69) is 26.5 Å². The zero-order valence-electron chi connectivity index (χ0n) is 14.1. The van der Waals surface area contributed by atoms with Gasteiger partial charge in [-0.2, -0.15) is 0 Å². The summed E-state index contributed by atoms with van der Waals surface area (Å²) >= 11 is 8.12. The van der Waals surface area contributed by atoms with Crippen molar-refractivity contribution < 1.29 is 9.47 Å². The van der Waals surface area contributed by atoms with Crippen LogP contribution >= 0.6 is 22.9 Å². The molecule has 0 aliphatic carbocycles. The highest BCUT2D eigenvalue weighted by molar-refractivity contribution is 7.20. The van der Waals surface area contributed by atoms with Gasteiger partial charge in [0.2, 0.25) is 0 Å². The van der Waals surface area contributed by atoms with E-state index in [4.69, 9.17) is 21.1 Å². The maximum Gasteiger partial charge on any atom is 0.138 e. The van der Waals surface area contributed by atoms with Gasteiger partial charge in [0.25, 0.3) is 0 Å². The molecular weight excluding hydrogens is 328 g/mol. The van der Waals surface area contributed by atoms with E-state index >= 15 is 0 Å². The summed E-state index contributed by atoms with van der Waals surface area (Å²) in [6.45, 7) is 8.20. The summed E-state index contributed by atoms with van der Waals surface area (Å²) in [5.41, 5.74) is 1.25. The first-order valence-electron chi connectivity index (χ1n) is 7.69. The number of ether oxygens (including phenoxy) is 2. The Hall–Kier alpha value is -1.45. The number of allylic oxidation sites excluding steroid dienone is 2. The number of benzene rings is 1. The summed E-state index contributed by atoms with van der Waals surface area (Å²) in [5.74, 6) is 2.08. The van der Waals surface area contributed by atoms with Crippen molar-refractivity contribution in [2.24, 2.45) is 5.92 Å². The zero-order chi connectivity index (χ0) is 17.0. The van der Waals surface area contributed by atoms with Crippen LogP contribution in [0.25, 0.3) is 15.8 Å². The number of fused-ring (bicyclic) bond motifs is 1. The van der Waals surface area contributed by atoms with E-state index in [9.17, 15) is 0 Å². The number of thiophene rings is 1. The molecule has 0 spiro atoms. The Morgan fingerprint density at radius 3 is 2.70 bits per heavy atom. The van der Waals surface area contributed by atoms with Gasteiger partial charge < -0.3 is 9.47 Å². The molecule has 0 N–H and O–H groups in total. The molecule has 1 atom stereocenters. The number of hydrogen-bond acceptors (Lipinski definition) is 3. The van der Waals surface area contributed by atoms with Crippen molar-refractivity contribution >= 4 is 38.8 Å². The Bertz CT molecular complexity index is 730. The van der Waals surface area contributed by atoms with Crippen LogP contribution in [0, 0.1) is 5.92 Å². The van der Waals surface area contributed by atoms with E-state index in [0.717, 1.165) is 33.6 Å². The van der Waals surface area contributed by atoms with Gasteiger partial charge >= 0.3 is 0 Å². The molecule has 0 amide bonds. The summed E-state index contributed by atoms with van der Waals surface area (Å²) in [4.78, 5) is 1.10. The second kappa shape index (κ2) is 7.89. The lowest BCUT2D eigenvalue weighted by molar-refractivity contribution is 0.362. The predicted octanol–water partition coefficient (Wildman–Crippen LogP) is 6.54. The quantitative estimate of drug-likeness (QED) is 0.416. The first-order chi connectivity index (χ1) is 11.1. The Labute approximate surface area is 147 Å². The van der Waals surface area contributed by atoms with Gasteiger partial charge in [0.15, 0.2) is 0 Å². The molecule has 1 unspecified atom stereocenters. The van der Waals surface area contributed by atoms with Crippen LogP contribution in [0.5, 0.6) is 5.75 Å². The zero-order valence-corrected chi connectivity index (χ0v) is 15.7. The third-order valence-electron chi connectivity index (χ3n) is 4.16. The highest BCUT2D eigenvalue weighted by Gasteiger charge is 2.18. The van der Waals surface area contributed by atoms with Gasteiger partial charge in [0.1, 0.15) is 11.5 Å². The lowest BCUT2D eigenvalue weighted by Gasteiger charge is -2.17. The molecule has 2 rings (SSSR count). The summed E-state index contributed by atoms with van der Waals surface area (Å²) in [6, 6.07) is 6.03. The van der Waals surface area contributed by atoms with Crippen molar-refractivity contribution in [3.05, 3.63) is 46.3 Å². The van der Waals surface area contributed by atoms with E-state index in [-0.39, 0.29) is 0 Å². The van der Waals surface area contributed by atoms with Crippen molar-refractivity contribution in [1.82, 2.24) is 0 Å². The standard InChI is InChI=1S/C19H23ClO2S/c1-6-8-13(7-2)12(3)19(22-5)17-11-14-16(23-17)10-9-15(21-4)18(14)20/h6,9-11,13H,1,7-8H2,2-5H3/b19-12+.